The fraction of sp³-hybridized carbons (Fsp3) is 0.909. The Kier molecular flexibility index (Phi) is 4.94. The van der Waals surface area contributed by atoms with E-state index in [4.69, 9.17) is 4.74 Å². The second-order valence-corrected chi connectivity index (χ2v) is 6.90. The van der Waals surface area contributed by atoms with Crippen molar-refractivity contribution in [2.24, 2.45) is 5.92 Å². The van der Waals surface area contributed by atoms with Crippen LogP contribution in [0.15, 0.2) is 0 Å². The van der Waals surface area contributed by atoms with Gasteiger partial charge in [-0.1, -0.05) is 6.42 Å². The lowest BCUT2D eigenvalue weighted by Gasteiger charge is -2.30. The van der Waals surface area contributed by atoms with Crippen molar-refractivity contribution in [3.63, 3.8) is 0 Å². The van der Waals surface area contributed by atoms with Crippen molar-refractivity contribution in [3.05, 3.63) is 0 Å². The normalized spacial score (nSPS) is 27.5. The Hall–Kier alpha value is -0.620. The van der Waals surface area contributed by atoms with Gasteiger partial charge in [0, 0.05) is 6.26 Å². The highest BCUT2D eigenvalue weighted by Gasteiger charge is 2.35. The van der Waals surface area contributed by atoms with Crippen LogP contribution in [-0.2, 0) is 19.4 Å². The zero-order chi connectivity index (χ0) is 13.1. The maximum atomic E-state index is 11.5. The highest BCUT2D eigenvalue weighted by Crippen LogP contribution is 2.31. The molecule has 0 spiro atoms. The Morgan fingerprint density at radius 1 is 1.47 bits per heavy atom. The average molecular weight is 264 g/mol. The molecule has 1 aliphatic carbocycles. The summed E-state index contributed by atoms with van der Waals surface area (Å²) in [6, 6.07) is 0. The molecule has 3 atom stereocenters. The van der Waals surface area contributed by atoms with Crippen LogP contribution in [0.1, 0.15) is 32.6 Å². The highest BCUT2D eigenvalue weighted by molar-refractivity contribution is 7.91. The molecule has 3 unspecified atom stereocenters. The van der Waals surface area contributed by atoms with Crippen molar-refractivity contribution >= 4 is 15.8 Å². The number of sulfone groups is 1. The fourth-order valence-electron chi connectivity index (χ4n) is 2.28. The third-order valence-electron chi connectivity index (χ3n) is 3.25. The first-order chi connectivity index (χ1) is 7.86. The van der Waals surface area contributed by atoms with Crippen LogP contribution >= 0.6 is 0 Å². The minimum atomic E-state index is -3.09. The van der Waals surface area contributed by atoms with Crippen LogP contribution < -0.4 is 0 Å². The third kappa shape index (κ3) is 3.96. The largest absolute Gasteiger partial charge is 0.464 e. The molecule has 0 aromatic rings. The Morgan fingerprint density at radius 2 is 2.12 bits per heavy atom. The smallest absolute Gasteiger partial charge is 0.335 e. The lowest BCUT2D eigenvalue weighted by molar-refractivity contribution is -0.156. The van der Waals surface area contributed by atoms with E-state index in [1.165, 1.54) is 6.26 Å². The van der Waals surface area contributed by atoms with Crippen LogP contribution in [-0.4, -0.2) is 43.7 Å². The number of esters is 1. The van der Waals surface area contributed by atoms with Crippen LogP contribution in [0.2, 0.25) is 0 Å². The van der Waals surface area contributed by atoms with E-state index in [0.29, 0.717) is 19.3 Å². The van der Waals surface area contributed by atoms with E-state index >= 15 is 0 Å². The monoisotopic (exact) mass is 264 g/mol. The first-order valence-electron chi connectivity index (χ1n) is 5.89. The summed E-state index contributed by atoms with van der Waals surface area (Å²) < 4.78 is 27.6. The van der Waals surface area contributed by atoms with Crippen LogP contribution in [0, 0.1) is 5.92 Å². The van der Waals surface area contributed by atoms with Gasteiger partial charge in [0.05, 0.1) is 11.9 Å². The van der Waals surface area contributed by atoms with Crippen LogP contribution in [0.3, 0.4) is 0 Å². The molecule has 0 radical (unpaired) electrons. The summed E-state index contributed by atoms with van der Waals surface area (Å²) in [7, 11) is -3.09. The topological polar surface area (TPSA) is 80.7 Å². The Labute approximate surface area is 102 Å². The van der Waals surface area contributed by atoms with Gasteiger partial charge in [0.2, 0.25) is 0 Å². The highest BCUT2D eigenvalue weighted by atomic mass is 32.2. The van der Waals surface area contributed by atoms with Gasteiger partial charge < -0.3 is 9.84 Å². The Balaban J connectivity index is 2.63. The van der Waals surface area contributed by atoms with Crippen LogP contribution in [0.4, 0.5) is 0 Å². The van der Waals surface area contributed by atoms with E-state index in [2.05, 4.69) is 0 Å². The van der Waals surface area contributed by atoms with Crippen molar-refractivity contribution in [3.8, 4) is 0 Å². The number of carbonyl (C=O) groups is 1. The molecule has 0 heterocycles. The average Bonchev–Trinajstić information content (AvgIpc) is 2.27. The predicted molar refractivity (Wildman–Crippen MR) is 63.2 cm³/mol. The van der Waals surface area contributed by atoms with E-state index in [1.807, 2.05) is 0 Å². The van der Waals surface area contributed by atoms with Crippen molar-refractivity contribution in [1.82, 2.24) is 0 Å². The molecule has 1 aliphatic rings. The zero-order valence-electron chi connectivity index (χ0n) is 10.3. The fourth-order valence-corrected chi connectivity index (χ4v) is 3.47. The molecule has 0 aromatic heterocycles. The number of aliphatic hydroxyl groups excluding tert-OH is 1. The molecule has 100 valence electrons. The van der Waals surface area contributed by atoms with Crippen molar-refractivity contribution in [1.29, 1.82) is 0 Å². The summed E-state index contributed by atoms with van der Waals surface area (Å²) in [5, 5.41) is 9.35. The molecule has 1 N–H and O–H groups in total. The first kappa shape index (κ1) is 14.4. The van der Waals surface area contributed by atoms with Gasteiger partial charge in [-0.25, -0.2) is 13.2 Å². The number of rotatable bonds is 4. The van der Waals surface area contributed by atoms with Crippen LogP contribution in [0.25, 0.3) is 0 Å². The molecule has 17 heavy (non-hydrogen) atoms. The van der Waals surface area contributed by atoms with Crippen molar-refractivity contribution < 1.29 is 23.1 Å². The van der Waals surface area contributed by atoms with E-state index in [0.717, 1.165) is 6.42 Å². The zero-order valence-corrected chi connectivity index (χ0v) is 11.1. The number of aliphatic hydroxyl groups is 1. The van der Waals surface area contributed by atoms with Gasteiger partial charge >= 0.3 is 5.97 Å². The Morgan fingerprint density at radius 3 is 2.65 bits per heavy atom. The van der Waals surface area contributed by atoms with E-state index in [-0.39, 0.29) is 12.5 Å². The van der Waals surface area contributed by atoms with E-state index in [1.54, 1.807) is 6.92 Å². The Bertz CT molecular complexity index is 362. The molecule has 6 heteroatoms. The second-order valence-electron chi connectivity index (χ2n) is 4.58. The van der Waals surface area contributed by atoms with E-state index < -0.39 is 27.2 Å². The standard InChI is InChI=1S/C11H20O5S/c1-3-16-11(13)10(12)8-5-4-6-9(7-8)17(2,14)15/h8-10,12H,3-7H2,1-2H3. The maximum Gasteiger partial charge on any atom is 0.335 e. The van der Waals surface area contributed by atoms with Gasteiger partial charge in [-0.2, -0.15) is 0 Å². The third-order valence-corrected chi connectivity index (χ3v) is 4.89. The minimum absolute atomic E-state index is 0.220. The molecule has 0 saturated heterocycles. The van der Waals surface area contributed by atoms with Gasteiger partial charge in [0.1, 0.15) is 9.84 Å². The summed E-state index contributed by atoms with van der Waals surface area (Å²) in [5.74, 6) is -0.950. The predicted octanol–water partition coefficient (Wildman–Crippen LogP) is 0.514. The molecule has 5 nitrogen and oxygen atoms in total. The molecule has 1 saturated carbocycles. The lowest BCUT2D eigenvalue weighted by atomic mass is 9.85. The summed E-state index contributed by atoms with van der Waals surface area (Å²) >= 11 is 0. The number of hydrogen-bond donors (Lipinski definition) is 1. The summed E-state index contributed by atoms with van der Waals surface area (Å²) in [4.78, 5) is 11.4. The molecule has 0 bridgehead atoms. The summed E-state index contributed by atoms with van der Waals surface area (Å²) in [6.45, 7) is 1.89. The van der Waals surface area contributed by atoms with Crippen molar-refractivity contribution in [2.75, 3.05) is 12.9 Å². The van der Waals surface area contributed by atoms with Gasteiger partial charge in [-0.05, 0) is 32.1 Å². The molecule has 0 aromatic carbocycles. The quantitative estimate of drug-likeness (QED) is 0.748. The number of hydrogen-bond acceptors (Lipinski definition) is 5. The number of carbonyl (C=O) groups excluding carboxylic acids is 1. The minimum Gasteiger partial charge on any atom is -0.464 e. The van der Waals surface area contributed by atoms with Crippen LogP contribution in [0.5, 0.6) is 0 Å². The molecule has 1 fully saturated rings. The number of ether oxygens (including phenoxy) is 1. The molecular weight excluding hydrogens is 244 g/mol. The lowest BCUT2D eigenvalue weighted by Crippen LogP contribution is -2.37. The van der Waals surface area contributed by atoms with Gasteiger partial charge in [0.15, 0.2) is 6.10 Å². The summed E-state index contributed by atoms with van der Waals surface area (Å²) in [5.41, 5.74) is 0. The summed E-state index contributed by atoms with van der Waals surface area (Å²) in [6.07, 6.45) is 2.37. The van der Waals surface area contributed by atoms with Gasteiger partial charge in [0.25, 0.3) is 0 Å². The van der Waals surface area contributed by atoms with Gasteiger partial charge in [-0.15, -0.1) is 0 Å². The molecule has 0 amide bonds. The second kappa shape index (κ2) is 5.82. The molecule has 1 rings (SSSR count). The van der Waals surface area contributed by atoms with Crippen molar-refractivity contribution in [2.45, 2.75) is 44.0 Å². The van der Waals surface area contributed by atoms with Gasteiger partial charge in [-0.3, -0.25) is 0 Å². The molecule has 0 aliphatic heterocycles. The SMILES string of the molecule is CCOC(=O)C(O)C1CCCC(S(C)(=O)=O)C1. The first-order valence-corrected chi connectivity index (χ1v) is 7.85. The maximum absolute atomic E-state index is 11.5. The molecular formula is C11H20O5S. The van der Waals surface area contributed by atoms with E-state index in [9.17, 15) is 18.3 Å².